The van der Waals surface area contributed by atoms with Crippen molar-refractivity contribution < 1.29 is 31.6 Å². The molecule has 1 heterocycles. The first-order valence-electron chi connectivity index (χ1n) is 5.96. The molecule has 4 nitrogen and oxygen atoms in total. The second-order valence-electron chi connectivity index (χ2n) is 4.13. The minimum Gasteiger partial charge on any atom is -0.462 e. The molecule has 9 heteroatoms. The molecule has 0 atom stereocenters. The number of aryl methyl sites for hydroxylation is 1. The van der Waals surface area contributed by atoms with Gasteiger partial charge in [-0.2, -0.15) is 0 Å². The topological polar surface area (TPSA) is 52.3 Å². The van der Waals surface area contributed by atoms with Crippen molar-refractivity contribution in [3.63, 3.8) is 0 Å². The van der Waals surface area contributed by atoms with Crippen molar-refractivity contribution >= 4 is 21.9 Å². The van der Waals surface area contributed by atoms with Crippen LogP contribution in [0.3, 0.4) is 0 Å². The van der Waals surface area contributed by atoms with Gasteiger partial charge in [-0.15, -0.1) is 0 Å². The molecule has 0 aliphatic heterocycles. The Kier molecular flexibility index (Phi) is 4.55. The van der Waals surface area contributed by atoms with Gasteiger partial charge in [-0.25, -0.2) is 22.4 Å². The van der Waals surface area contributed by atoms with E-state index in [-0.39, 0.29) is 12.4 Å². The molecule has 0 fully saturated rings. The molecule has 0 saturated carbocycles. The average Bonchev–Trinajstić information content (AvgIpc) is 2.85. The summed E-state index contributed by atoms with van der Waals surface area (Å²) in [5.74, 6) is -7.78. The van der Waals surface area contributed by atoms with E-state index in [1.807, 2.05) is 0 Å². The van der Waals surface area contributed by atoms with Gasteiger partial charge < -0.3 is 9.26 Å². The molecule has 0 aliphatic rings. The number of benzene rings is 1. The summed E-state index contributed by atoms with van der Waals surface area (Å²) >= 11 is 2.40. The zero-order valence-corrected chi connectivity index (χ0v) is 12.9. The number of hydrogen-bond donors (Lipinski definition) is 0. The molecule has 0 unspecified atom stereocenters. The van der Waals surface area contributed by atoms with E-state index >= 15 is 0 Å². The summed E-state index contributed by atoms with van der Waals surface area (Å²) in [5, 5.41) is 3.32. The van der Waals surface area contributed by atoms with Crippen LogP contribution in [0.5, 0.6) is 0 Å². The van der Waals surface area contributed by atoms with Crippen molar-refractivity contribution in [2.45, 2.75) is 13.8 Å². The second kappa shape index (κ2) is 6.07. The fraction of sp³-hybridized carbons (Fsp3) is 0.231. The maximum Gasteiger partial charge on any atom is 0.344 e. The van der Waals surface area contributed by atoms with E-state index in [1.165, 1.54) is 13.8 Å². The van der Waals surface area contributed by atoms with Crippen LogP contribution in [0.25, 0.3) is 11.3 Å². The Morgan fingerprint density at radius 2 is 1.73 bits per heavy atom. The molecule has 0 amide bonds. The van der Waals surface area contributed by atoms with E-state index in [0.29, 0.717) is 0 Å². The Balaban J connectivity index is 2.77. The first kappa shape index (κ1) is 16.5. The molecule has 0 radical (unpaired) electrons. The first-order valence-corrected chi connectivity index (χ1v) is 6.75. The molecular weight excluding hydrogens is 374 g/mol. The minimum absolute atomic E-state index is 0.0169. The molecule has 1 aromatic carbocycles. The summed E-state index contributed by atoms with van der Waals surface area (Å²) in [7, 11) is 0. The van der Waals surface area contributed by atoms with E-state index in [4.69, 9.17) is 9.26 Å². The third-order valence-corrected chi connectivity index (χ3v) is 3.49. The molecule has 0 saturated heterocycles. The van der Waals surface area contributed by atoms with Crippen molar-refractivity contribution in [2.24, 2.45) is 0 Å². The van der Waals surface area contributed by atoms with Gasteiger partial charge in [0.25, 0.3) is 0 Å². The van der Waals surface area contributed by atoms with Crippen LogP contribution >= 0.6 is 15.9 Å². The van der Waals surface area contributed by atoms with Crippen LogP contribution in [0, 0.1) is 30.2 Å². The lowest BCUT2D eigenvalue weighted by molar-refractivity contribution is 0.0525. The first-order chi connectivity index (χ1) is 10.3. The van der Waals surface area contributed by atoms with E-state index in [0.717, 1.165) is 0 Å². The molecule has 118 valence electrons. The van der Waals surface area contributed by atoms with Gasteiger partial charge in [-0.3, -0.25) is 0 Å². The van der Waals surface area contributed by atoms with Gasteiger partial charge in [0.05, 0.1) is 16.6 Å². The molecule has 0 spiro atoms. The Morgan fingerprint density at radius 3 is 2.23 bits per heavy atom. The number of esters is 1. The van der Waals surface area contributed by atoms with Gasteiger partial charge >= 0.3 is 5.97 Å². The summed E-state index contributed by atoms with van der Waals surface area (Å²) < 4.78 is 63.6. The second-order valence-corrected chi connectivity index (χ2v) is 4.92. The average molecular weight is 382 g/mol. The number of aromatic nitrogens is 1. The molecule has 2 rings (SSSR count). The smallest absolute Gasteiger partial charge is 0.344 e. The number of halogens is 5. The van der Waals surface area contributed by atoms with E-state index in [9.17, 15) is 22.4 Å². The maximum absolute atomic E-state index is 14.0. The highest BCUT2D eigenvalue weighted by Gasteiger charge is 2.32. The number of nitrogens with zero attached hydrogens (tertiary/aromatic N) is 1. The summed E-state index contributed by atoms with van der Waals surface area (Å²) in [4.78, 5) is 11.8. The van der Waals surface area contributed by atoms with E-state index in [1.54, 1.807) is 0 Å². The lowest BCUT2D eigenvalue weighted by Crippen LogP contribution is -2.09. The highest BCUT2D eigenvalue weighted by atomic mass is 79.9. The third-order valence-electron chi connectivity index (χ3n) is 2.79. The molecule has 0 bridgehead atoms. The highest BCUT2D eigenvalue weighted by Crippen LogP contribution is 2.36. The third kappa shape index (κ3) is 2.49. The lowest BCUT2D eigenvalue weighted by atomic mass is 10.0. The van der Waals surface area contributed by atoms with Gasteiger partial charge in [-0.1, -0.05) is 5.16 Å². The zero-order chi connectivity index (χ0) is 16.6. The van der Waals surface area contributed by atoms with Gasteiger partial charge in [0.1, 0.15) is 17.0 Å². The summed E-state index contributed by atoms with van der Waals surface area (Å²) in [6.07, 6.45) is 0. The molecule has 0 N–H and O–H groups in total. The van der Waals surface area contributed by atoms with Crippen molar-refractivity contribution in [1.29, 1.82) is 0 Å². The van der Waals surface area contributed by atoms with Crippen LogP contribution in [0.2, 0.25) is 0 Å². The summed E-state index contributed by atoms with van der Waals surface area (Å²) in [6.45, 7) is 2.79. The quantitative estimate of drug-likeness (QED) is 0.347. The number of carbonyl (C=O) groups is 1. The van der Waals surface area contributed by atoms with Gasteiger partial charge in [-0.05, 0) is 29.8 Å². The highest BCUT2D eigenvalue weighted by molar-refractivity contribution is 9.10. The fourth-order valence-corrected chi connectivity index (χ4v) is 2.15. The van der Waals surface area contributed by atoms with Gasteiger partial charge in [0, 0.05) is 0 Å². The fourth-order valence-electron chi connectivity index (χ4n) is 1.80. The molecule has 22 heavy (non-hydrogen) atoms. The predicted octanol–water partition coefficient (Wildman–Crippen LogP) is 4.15. The predicted molar refractivity (Wildman–Crippen MR) is 70.2 cm³/mol. The van der Waals surface area contributed by atoms with Crippen molar-refractivity contribution in [1.82, 2.24) is 5.16 Å². The Hall–Kier alpha value is -1.90. The molecule has 1 aromatic heterocycles. The lowest BCUT2D eigenvalue weighted by Gasteiger charge is -2.08. The van der Waals surface area contributed by atoms with Gasteiger partial charge in [0.2, 0.25) is 0 Å². The van der Waals surface area contributed by atoms with Crippen LogP contribution in [0.15, 0.2) is 9.00 Å². The summed E-state index contributed by atoms with van der Waals surface area (Å²) in [6, 6.07) is 0. The Bertz CT molecular complexity index is 731. The van der Waals surface area contributed by atoms with Crippen molar-refractivity contribution in [3.05, 3.63) is 39.1 Å². The molecule has 0 aliphatic carbocycles. The largest absolute Gasteiger partial charge is 0.462 e. The Morgan fingerprint density at radius 1 is 1.18 bits per heavy atom. The molecule has 2 aromatic rings. The van der Waals surface area contributed by atoms with Gasteiger partial charge in [0.15, 0.2) is 23.3 Å². The van der Waals surface area contributed by atoms with Crippen molar-refractivity contribution in [2.75, 3.05) is 6.61 Å². The van der Waals surface area contributed by atoms with Crippen molar-refractivity contribution in [3.8, 4) is 11.3 Å². The zero-order valence-electron chi connectivity index (χ0n) is 11.3. The number of hydrogen-bond acceptors (Lipinski definition) is 4. The van der Waals surface area contributed by atoms with Crippen LogP contribution in [0.4, 0.5) is 17.6 Å². The van der Waals surface area contributed by atoms with E-state index < -0.39 is 50.5 Å². The molecular formula is C13H8BrF4NO3. The summed E-state index contributed by atoms with van der Waals surface area (Å²) in [5.41, 5.74) is -2.21. The number of carbonyl (C=O) groups excluding carboxylic acids is 1. The Labute approximate surface area is 130 Å². The standard InChI is InChI=1S/C13H8BrF4NO3/c1-3-21-13(20)5-4(2)22-19-12(5)6-8(15)10(17)7(14)11(18)9(6)16/h3H2,1-2H3. The number of rotatable bonds is 3. The van der Waals surface area contributed by atoms with E-state index in [2.05, 4.69) is 21.1 Å². The SMILES string of the molecule is CCOC(=O)c1c(-c2c(F)c(F)c(Br)c(F)c2F)noc1C. The van der Waals surface area contributed by atoms with Crippen LogP contribution in [-0.2, 0) is 4.74 Å². The normalized spacial score (nSPS) is 10.9. The monoisotopic (exact) mass is 381 g/mol. The number of ether oxygens (including phenoxy) is 1. The minimum atomic E-state index is -1.70. The van der Waals surface area contributed by atoms with Crippen LogP contribution in [0.1, 0.15) is 23.0 Å². The van der Waals surface area contributed by atoms with Crippen LogP contribution in [-0.4, -0.2) is 17.7 Å². The maximum atomic E-state index is 14.0. The van der Waals surface area contributed by atoms with Crippen LogP contribution < -0.4 is 0 Å².